The molecule has 0 amide bonds. The summed E-state index contributed by atoms with van der Waals surface area (Å²) in [5.74, 6) is -0.226. The molecule has 0 N–H and O–H groups in total. The van der Waals surface area contributed by atoms with Gasteiger partial charge in [-0.25, -0.2) is 14.4 Å². The van der Waals surface area contributed by atoms with Crippen LogP contribution < -0.4 is 0 Å². The number of nitrogens with zero attached hydrogens (tertiary/aromatic N) is 3. The zero-order valence-electron chi connectivity index (χ0n) is 11.4. The molecule has 22 heavy (non-hydrogen) atoms. The average molecular weight is 327 g/mol. The van der Waals surface area contributed by atoms with Crippen LogP contribution in [0.5, 0.6) is 0 Å². The largest absolute Gasteiger partial charge is 0.264 e. The van der Waals surface area contributed by atoms with Crippen LogP contribution >= 0.6 is 22.7 Å². The van der Waals surface area contributed by atoms with Gasteiger partial charge < -0.3 is 0 Å². The standard InChI is InChI=1S/C16H10FN3S2/c17-11-3-4-12-14(6-11)22-16(19-12)7-15-20-13(9-21-15)10-2-1-5-18-8-10/h1-6,8-9H,7H2. The van der Waals surface area contributed by atoms with Crippen molar-refractivity contribution >= 4 is 32.9 Å². The maximum Gasteiger partial charge on any atom is 0.124 e. The number of fused-ring (bicyclic) bond motifs is 1. The lowest BCUT2D eigenvalue weighted by Crippen LogP contribution is -1.86. The molecule has 0 atom stereocenters. The van der Waals surface area contributed by atoms with Gasteiger partial charge in [-0.15, -0.1) is 22.7 Å². The van der Waals surface area contributed by atoms with Crippen LogP contribution in [0.4, 0.5) is 4.39 Å². The lowest BCUT2D eigenvalue weighted by atomic mass is 10.2. The SMILES string of the molecule is Fc1ccc2nc(Cc3nc(-c4cccnc4)cs3)sc2c1. The molecule has 0 spiro atoms. The van der Waals surface area contributed by atoms with Crippen molar-refractivity contribution in [1.29, 1.82) is 0 Å². The van der Waals surface area contributed by atoms with Gasteiger partial charge in [0.15, 0.2) is 0 Å². The lowest BCUT2D eigenvalue weighted by molar-refractivity contribution is 0.630. The number of halogens is 1. The molecule has 4 aromatic rings. The van der Waals surface area contributed by atoms with Crippen molar-refractivity contribution in [1.82, 2.24) is 15.0 Å². The van der Waals surface area contributed by atoms with E-state index in [1.165, 1.54) is 23.5 Å². The van der Waals surface area contributed by atoms with Crippen molar-refractivity contribution < 1.29 is 4.39 Å². The summed E-state index contributed by atoms with van der Waals surface area (Å²) < 4.78 is 14.1. The molecule has 3 aromatic heterocycles. The molecule has 3 nitrogen and oxygen atoms in total. The first-order valence-electron chi connectivity index (χ1n) is 6.68. The lowest BCUT2D eigenvalue weighted by Gasteiger charge is -1.93. The zero-order chi connectivity index (χ0) is 14.9. The summed E-state index contributed by atoms with van der Waals surface area (Å²) in [6, 6.07) is 8.57. The Morgan fingerprint density at radius 2 is 2.05 bits per heavy atom. The summed E-state index contributed by atoms with van der Waals surface area (Å²) in [5.41, 5.74) is 2.78. The predicted molar refractivity (Wildman–Crippen MR) is 87.7 cm³/mol. The summed E-state index contributed by atoms with van der Waals surface area (Å²) in [6.45, 7) is 0. The van der Waals surface area contributed by atoms with E-state index in [2.05, 4.69) is 15.0 Å². The first kappa shape index (κ1) is 13.5. The van der Waals surface area contributed by atoms with Crippen LogP contribution in [-0.2, 0) is 6.42 Å². The van der Waals surface area contributed by atoms with E-state index >= 15 is 0 Å². The molecule has 0 radical (unpaired) electrons. The van der Waals surface area contributed by atoms with Gasteiger partial charge >= 0.3 is 0 Å². The second-order valence-corrected chi connectivity index (χ2v) is 6.82. The molecule has 4 rings (SSSR count). The Kier molecular flexibility index (Phi) is 3.40. The van der Waals surface area contributed by atoms with Crippen LogP contribution in [0, 0.1) is 5.82 Å². The number of pyridine rings is 1. The molecule has 0 fully saturated rings. The third-order valence-corrected chi connectivity index (χ3v) is 5.07. The summed E-state index contributed by atoms with van der Waals surface area (Å²) in [5, 5.41) is 3.98. The highest BCUT2D eigenvalue weighted by Crippen LogP contribution is 2.27. The minimum Gasteiger partial charge on any atom is -0.264 e. The van der Waals surface area contributed by atoms with Crippen LogP contribution in [0.3, 0.4) is 0 Å². The molecule has 0 aliphatic rings. The van der Waals surface area contributed by atoms with Gasteiger partial charge in [0.1, 0.15) is 15.8 Å². The molecule has 3 heterocycles. The normalized spacial score (nSPS) is 11.1. The minimum atomic E-state index is -0.226. The third-order valence-electron chi connectivity index (χ3n) is 3.21. The molecule has 0 saturated carbocycles. The summed E-state index contributed by atoms with van der Waals surface area (Å²) in [6.07, 6.45) is 4.22. The van der Waals surface area contributed by atoms with E-state index < -0.39 is 0 Å². The topological polar surface area (TPSA) is 38.7 Å². The van der Waals surface area contributed by atoms with E-state index in [0.717, 1.165) is 31.5 Å². The second kappa shape index (κ2) is 5.55. The third kappa shape index (κ3) is 2.63. The van der Waals surface area contributed by atoms with Gasteiger partial charge in [0.25, 0.3) is 0 Å². The van der Waals surface area contributed by atoms with Crippen LogP contribution in [0.25, 0.3) is 21.5 Å². The van der Waals surface area contributed by atoms with E-state index in [-0.39, 0.29) is 5.82 Å². The Morgan fingerprint density at radius 1 is 1.09 bits per heavy atom. The van der Waals surface area contributed by atoms with E-state index in [9.17, 15) is 4.39 Å². The van der Waals surface area contributed by atoms with E-state index in [1.807, 2.05) is 17.5 Å². The summed E-state index contributed by atoms with van der Waals surface area (Å²) in [4.78, 5) is 13.3. The van der Waals surface area contributed by atoms with Gasteiger partial charge in [-0.3, -0.25) is 4.98 Å². The van der Waals surface area contributed by atoms with Crippen molar-refractivity contribution in [2.24, 2.45) is 0 Å². The number of aromatic nitrogens is 3. The quantitative estimate of drug-likeness (QED) is 0.554. The highest BCUT2D eigenvalue weighted by molar-refractivity contribution is 7.18. The molecule has 6 heteroatoms. The van der Waals surface area contributed by atoms with Crippen molar-refractivity contribution in [3.05, 3.63) is 63.9 Å². The Bertz CT molecular complexity index is 931. The minimum absolute atomic E-state index is 0.226. The molecule has 108 valence electrons. The highest BCUT2D eigenvalue weighted by Gasteiger charge is 2.09. The Morgan fingerprint density at radius 3 is 2.91 bits per heavy atom. The van der Waals surface area contributed by atoms with Crippen LogP contribution in [0.1, 0.15) is 10.0 Å². The first-order chi connectivity index (χ1) is 10.8. The zero-order valence-corrected chi connectivity index (χ0v) is 13.0. The van der Waals surface area contributed by atoms with Gasteiger partial charge in [0.05, 0.1) is 22.3 Å². The van der Waals surface area contributed by atoms with Gasteiger partial charge in [0.2, 0.25) is 0 Å². The molecule has 0 aliphatic carbocycles. The molecule has 0 bridgehead atoms. The van der Waals surface area contributed by atoms with Gasteiger partial charge in [-0.2, -0.15) is 0 Å². The summed E-state index contributed by atoms with van der Waals surface area (Å²) in [7, 11) is 0. The fraction of sp³-hybridized carbons (Fsp3) is 0.0625. The van der Waals surface area contributed by atoms with E-state index in [1.54, 1.807) is 29.8 Å². The smallest absolute Gasteiger partial charge is 0.124 e. The average Bonchev–Trinajstić information content (AvgIpc) is 3.14. The van der Waals surface area contributed by atoms with E-state index in [4.69, 9.17) is 0 Å². The number of benzene rings is 1. The van der Waals surface area contributed by atoms with Crippen molar-refractivity contribution in [2.45, 2.75) is 6.42 Å². The van der Waals surface area contributed by atoms with Crippen molar-refractivity contribution in [2.75, 3.05) is 0 Å². The fourth-order valence-corrected chi connectivity index (χ4v) is 4.09. The maximum absolute atomic E-state index is 13.2. The van der Waals surface area contributed by atoms with Gasteiger partial charge in [0, 0.05) is 23.3 Å². The predicted octanol–water partition coefficient (Wildman–Crippen LogP) is 4.54. The monoisotopic (exact) mass is 327 g/mol. The number of hydrogen-bond donors (Lipinski definition) is 0. The van der Waals surface area contributed by atoms with Gasteiger partial charge in [-0.1, -0.05) is 0 Å². The van der Waals surface area contributed by atoms with Crippen molar-refractivity contribution in [3.63, 3.8) is 0 Å². The fourth-order valence-electron chi connectivity index (χ4n) is 2.19. The Balaban J connectivity index is 1.61. The number of thiazole rings is 2. The molecule has 0 saturated heterocycles. The number of rotatable bonds is 3. The highest BCUT2D eigenvalue weighted by atomic mass is 32.1. The second-order valence-electron chi connectivity index (χ2n) is 4.76. The van der Waals surface area contributed by atoms with E-state index in [0.29, 0.717) is 6.42 Å². The van der Waals surface area contributed by atoms with Crippen molar-refractivity contribution in [3.8, 4) is 11.3 Å². The maximum atomic E-state index is 13.2. The Labute approximate surface area is 134 Å². The van der Waals surface area contributed by atoms with Crippen LogP contribution in [0.15, 0.2) is 48.1 Å². The molecular formula is C16H10FN3S2. The first-order valence-corrected chi connectivity index (χ1v) is 8.37. The summed E-state index contributed by atoms with van der Waals surface area (Å²) >= 11 is 3.12. The molecule has 0 aliphatic heterocycles. The molecular weight excluding hydrogens is 317 g/mol. The van der Waals surface area contributed by atoms with Crippen LogP contribution in [0.2, 0.25) is 0 Å². The van der Waals surface area contributed by atoms with Gasteiger partial charge in [-0.05, 0) is 30.3 Å². The molecule has 0 unspecified atom stereocenters. The Hall–Kier alpha value is -2.18. The number of hydrogen-bond acceptors (Lipinski definition) is 5. The molecule has 1 aromatic carbocycles. The van der Waals surface area contributed by atoms with Crippen LogP contribution in [-0.4, -0.2) is 15.0 Å².